The molecule has 2 heterocycles. The number of aromatic nitrogens is 2. The van der Waals surface area contributed by atoms with Crippen molar-refractivity contribution in [1.82, 2.24) is 9.97 Å². The molecule has 0 bridgehead atoms. The number of pyridine rings is 2. The zero-order valence-electron chi connectivity index (χ0n) is 33.7. The van der Waals surface area contributed by atoms with Gasteiger partial charge in [-0.05, 0) is 93.9 Å². The SMILES string of the molecule is N=C(/C=C(\C=C\c1ccccc1)C1=CC=CCC=C1)c1cc(-c2cc(-c3ccccc3)cc(-c3ccccc3)n2)cc(-c2cc(-c3ccccc3)cc(-c3ccccc3)n2)c1. The monoisotopic (exact) mass is 781 g/mol. The van der Waals surface area contributed by atoms with Crippen LogP contribution in [-0.2, 0) is 0 Å². The number of nitrogens with one attached hydrogen (secondary N) is 1. The summed E-state index contributed by atoms with van der Waals surface area (Å²) in [6.45, 7) is 0. The van der Waals surface area contributed by atoms with Crippen molar-refractivity contribution in [3.05, 3.63) is 259 Å². The normalized spacial score (nSPS) is 12.6. The van der Waals surface area contributed by atoms with E-state index in [1.54, 1.807) is 0 Å². The summed E-state index contributed by atoms with van der Waals surface area (Å²) in [4.78, 5) is 10.7. The Balaban J connectivity index is 1.26. The van der Waals surface area contributed by atoms with Gasteiger partial charge in [0.2, 0.25) is 0 Å². The molecule has 1 N–H and O–H groups in total. The topological polar surface area (TPSA) is 49.6 Å². The molecule has 0 spiro atoms. The fraction of sp³-hybridized carbons (Fsp3) is 0.0172. The molecule has 0 radical (unpaired) electrons. The van der Waals surface area contributed by atoms with E-state index in [0.717, 1.165) is 96.0 Å². The van der Waals surface area contributed by atoms with E-state index in [1.807, 2.05) is 72.8 Å². The van der Waals surface area contributed by atoms with E-state index in [4.69, 9.17) is 9.97 Å². The van der Waals surface area contributed by atoms with Gasteiger partial charge in [0.1, 0.15) is 0 Å². The fourth-order valence-electron chi connectivity index (χ4n) is 7.53. The summed E-state index contributed by atoms with van der Waals surface area (Å²) >= 11 is 0. The first kappa shape index (κ1) is 38.5. The molecule has 61 heavy (non-hydrogen) atoms. The van der Waals surface area contributed by atoms with Crippen molar-refractivity contribution < 1.29 is 0 Å². The van der Waals surface area contributed by atoms with E-state index in [-0.39, 0.29) is 0 Å². The second-order valence-corrected chi connectivity index (χ2v) is 15.0. The molecule has 1 aliphatic carbocycles. The minimum atomic E-state index is 0.378. The number of hydrogen-bond donors (Lipinski definition) is 1. The lowest BCUT2D eigenvalue weighted by Crippen LogP contribution is -2.01. The lowest BCUT2D eigenvalue weighted by molar-refractivity contribution is 1.30. The minimum Gasteiger partial charge on any atom is -0.300 e. The Morgan fingerprint density at radius 3 is 1.38 bits per heavy atom. The first-order valence-corrected chi connectivity index (χ1v) is 20.6. The highest BCUT2D eigenvalue weighted by Crippen LogP contribution is 2.36. The summed E-state index contributed by atoms with van der Waals surface area (Å²) < 4.78 is 0. The van der Waals surface area contributed by atoms with Gasteiger partial charge in [-0.3, -0.25) is 0 Å². The van der Waals surface area contributed by atoms with Crippen LogP contribution in [-0.4, -0.2) is 15.7 Å². The first-order valence-electron chi connectivity index (χ1n) is 20.6. The maximum atomic E-state index is 9.82. The fourth-order valence-corrected chi connectivity index (χ4v) is 7.53. The molecule has 6 aromatic carbocycles. The molecule has 0 amide bonds. The number of nitrogens with zero attached hydrogens (tertiary/aromatic N) is 2. The van der Waals surface area contributed by atoms with E-state index in [9.17, 15) is 5.41 Å². The Bertz CT molecular complexity index is 2700. The van der Waals surface area contributed by atoms with Gasteiger partial charge < -0.3 is 5.41 Å². The van der Waals surface area contributed by atoms with Gasteiger partial charge in [0, 0.05) is 27.8 Å². The average molecular weight is 782 g/mol. The molecule has 0 unspecified atom stereocenters. The van der Waals surface area contributed by atoms with Crippen molar-refractivity contribution in [2.75, 3.05) is 0 Å². The Labute approximate surface area is 358 Å². The Morgan fingerprint density at radius 2 is 0.885 bits per heavy atom. The maximum Gasteiger partial charge on any atom is 0.0716 e. The zero-order chi connectivity index (χ0) is 41.2. The predicted molar refractivity (Wildman–Crippen MR) is 256 cm³/mol. The van der Waals surface area contributed by atoms with E-state index in [0.29, 0.717) is 5.71 Å². The van der Waals surface area contributed by atoms with Gasteiger partial charge in [-0.15, -0.1) is 0 Å². The quantitative estimate of drug-likeness (QED) is 0.105. The minimum absolute atomic E-state index is 0.378. The summed E-state index contributed by atoms with van der Waals surface area (Å²) in [5, 5.41) is 9.82. The third-order valence-corrected chi connectivity index (χ3v) is 10.7. The van der Waals surface area contributed by atoms with E-state index in [1.165, 1.54) is 0 Å². The highest BCUT2D eigenvalue weighted by atomic mass is 14.7. The van der Waals surface area contributed by atoms with Crippen LogP contribution in [0.15, 0.2) is 248 Å². The molecule has 3 heteroatoms. The summed E-state index contributed by atoms with van der Waals surface area (Å²) in [5.74, 6) is 0. The first-order chi connectivity index (χ1) is 30.1. The molecule has 0 aliphatic heterocycles. The van der Waals surface area contributed by atoms with Crippen LogP contribution >= 0.6 is 0 Å². The van der Waals surface area contributed by atoms with Crippen LogP contribution in [0.3, 0.4) is 0 Å². The van der Waals surface area contributed by atoms with Gasteiger partial charge >= 0.3 is 0 Å². The zero-order valence-corrected chi connectivity index (χ0v) is 33.7. The lowest BCUT2D eigenvalue weighted by atomic mass is 9.93. The van der Waals surface area contributed by atoms with Crippen LogP contribution < -0.4 is 0 Å². The molecule has 8 aromatic rings. The van der Waals surface area contributed by atoms with Crippen LogP contribution in [0, 0.1) is 5.41 Å². The van der Waals surface area contributed by atoms with Crippen molar-refractivity contribution in [2.24, 2.45) is 0 Å². The van der Waals surface area contributed by atoms with Crippen LogP contribution in [0.4, 0.5) is 0 Å². The van der Waals surface area contributed by atoms with Crippen LogP contribution in [0.25, 0.3) is 73.4 Å². The van der Waals surface area contributed by atoms with Crippen molar-refractivity contribution in [1.29, 1.82) is 5.41 Å². The number of rotatable bonds is 11. The van der Waals surface area contributed by atoms with Gasteiger partial charge in [-0.1, -0.05) is 194 Å². The molecule has 3 nitrogen and oxygen atoms in total. The Hall–Kier alpha value is -8.01. The second-order valence-electron chi connectivity index (χ2n) is 15.0. The summed E-state index contributed by atoms with van der Waals surface area (Å²) in [7, 11) is 0. The van der Waals surface area contributed by atoms with Gasteiger partial charge in [0.15, 0.2) is 0 Å². The molecule has 0 saturated heterocycles. The standard InChI is InChI=1S/C58H43N3/c59-54(37-48(43-22-10-1-2-11-23-43)33-32-42-20-8-3-9-21-42)51-34-52(57-40-49(44-24-12-4-13-25-44)38-55(60-57)46-28-16-6-17-29-46)36-53(35-51)58-41-50(45-26-14-5-15-27-45)39-56(61-58)47-30-18-7-19-31-47/h1,3-41,59H,2H2/b33-32+,48-37+,59-54?. The average Bonchev–Trinajstić information content (AvgIpc) is 3.64. The molecular weight excluding hydrogens is 739 g/mol. The van der Waals surface area contributed by atoms with Crippen molar-refractivity contribution in [2.45, 2.75) is 6.42 Å². The Morgan fingerprint density at radius 1 is 0.443 bits per heavy atom. The van der Waals surface area contributed by atoms with Gasteiger partial charge in [-0.2, -0.15) is 0 Å². The van der Waals surface area contributed by atoms with Gasteiger partial charge in [0.25, 0.3) is 0 Å². The van der Waals surface area contributed by atoms with Crippen molar-refractivity contribution in [3.8, 4) is 67.3 Å². The number of hydrogen-bond acceptors (Lipinski definition) is 3. The van der Waals surface area contributed by atoms with Crippen molar-refractivity contribution >= 4 is 11.8 Å². The van der Waals surface area contributed by atoms with Crippen molar-refractivity contribution in [3.63, 3.8) is 0 Å². The molecule has 0 saturated carbocycles. The second kappa shape index (κ2) is 18.3. The van der Waals surface area contributed by atoms with Crippen LogP contribution in [0.5, 0.6) is 0 Å². The maximum absolute atomic E-state index is 9.82. The smallest absolute Gasteiger partial charge is 0.0716 e. The molecule has 290 valence electrons. The number of allylic oxidation sites excluding steroid dienone is 9. The van der Waals surface area contributed by atoms with E-state index >= 15 is 0 Å². The van der Waals surface area contributed by atoms with E-state index in [2.05, 4.69) is 170 Å². The molecule has 9 rings (SSSR count). The molecule has 1 aliphatic rings. The highest BCUT2D eigenvalue weighted by molar-refractivity contribution is 6.09. The third kappa shape index (κ3) is 9.33. The lowest BCUT2D eigenvalue weighted by Gasteiger charge is -2.15. The van der Waals surface area contributed by atoms with Gasteiger partial charge in [0.05, 0.1) is 28.5 Å². The van der Waals surface area contributed by atoms with E-state index < -0.39 is 0 Å². The van der Waals surface area contributed by atoms with Gasteiger partial charge in [-0.25, -0.2) is 9.97 Å². The molecule has 2 aromatic heterocycles. The number of benzene rings is 6. The summed E-state index contributed by atoms with van der Waals surface area (Å²) in [6.07, 6.45) is 17.7. The highest BCUT2D eigenvalue weighted by Gasteiger charge is 2.16. The predicted octanol–water partition coefficient (Wildman–Crippen LogP) is 14.9. The molecule has 0 atom stereocenters. The Kier molecular flexibility index (Phi) is 11.5. The largest absolute Gasteiger partial charge is 0.300 e. The van der Waals surface area contributed by atoms with Crippen LogP contribution in [0.2, 0.25) is 0 Å². The third-order valence-electron chi connectivity index (χ3n) is 10.7. The molecule has 0 fully saturated rings. The molecular formula is C58H43N3. The summed E-state index contributed by atoms with van der Waals surface area (Å²) in [5.41, 5.74) is 15.8. The van der Waals surface area contributed by atoms with Crippen LogP contribution in [0.1, 0.15) is 17.5 Å². The summed E-state index contributed by atoms with van der Waals surface area (Å²) in [6, 6.07) is 66.9.